The van der Waals surface area contributed by atoms with Gasteiger partial charge in [-0.2, -0.15) is 0 Å². The first-order valence-electron chi connectivity index (χ1n) is 5.44. The molecule has 0 aliphatic rings. The van der Waals surface area contributed by atoms with Gasteiger partial charge in [0.1, 0.15) is 5.75 Å². The van der Waals surface area contributed by atoms with Crippen LogP contribution in [0.15, 0.2) is 18.2 Å². The van der Waals surface area contributed by atoms with E-state index in [4.69, 9.17) is 4.74 Å². The van der Waals surface area contributed by atoms with Crippen LogP contribution in [0.4, 0.5) is 5.69 Å². The van der Waals surface area contributed by atoms with Crippen molar-refractivity contribution in [2.24, 2.45) is 0 Å². The number of carbonyl (C=O) groups excluding carboxylic acids is 1. The number of ether oxygens (including phenoxy) is 2. The van der Waals surface area contributed by atoms with Gasteiger partial charge in [0.15, 0.2) is 6.61 Å². The maximum absolute atomic E-state index is 11.0. The monoisotopic (exact) mass is 253 g/mol. The SMILES string of the molecule is COC(=O)COc1cccc([N+](=O)[O-])c1C(C)C. The van der Waals surface area contributed by atoms with Crippen molar-refractivity contribution >= 4 is 11.7 Å². The van der Waals surface area contributed by atoms with Gasteiger partial charge in [0, 0.05) is 6.07 Å². The lowest BCUT2D eigenvalue weighted by atomic mass is 10.00. The number of nitro groups is 1. The van der Waals surface area contributed by atoms with Crippen LogP contribution in [0.1, 0.15) is 25.3 Å². The van der Waals surface area contributed by atoms with Gasteiger partial charge in [-0.1, -0.05) is 19.9 Å². The van der Waals surface area contributed by atoms with E-state index in [2.05, 4.69) is 4.74 Å². The Bertz CT molecular complexity index is 456. The van der Waals surface area contributed by atoms with E-state index in [-0.39, 0.29) is 18.2 Å². The zero-order valence-corrected chi connectivity index (χ0v) is 10.5. The summed E-state index contributed by atoms with van der Waals surface area (Å²) in [5.74, 6) is -0.278. The highest BCUT2D eigenvalue weighted by atomic mass is 16.6. The minimum atomic E-state index is -0.531. The Morgan fingerprint density at radius 1 is 1.44 bits per heavy atom. The summed E-state index contributed by atoms with van der Waals surface area (Å²) >= 11 is 0. The molecule has 0 radical (unpaired) electrons. The zero-order chi connectivity index (χ0) is 13.7. The molecule has 1 rings (SSSR count). The Morgan fingerprint density at radius 2 is 2.11 bits per heavy atom. The molecule has 0 amide bonds. The molecule has 0 saturated heterocycles. The molecular formula is C12H15NO5. The molecular weight excluding hydrogens is 238 g/mol. The van der Waals surface area contributed by atoms with Crippen LogP contribution in [0, 0.1) is 10.1 Å². The van der Waals surface area contributed by atoms with Gasteiger partial charge in [-0.15, -0.1) is 0 Å². The van der Waals surface area contributed by atoms with Gasteiger partial charge in [0.25, 0.3) is 5.69 Å². The standard InChI is InChI=1S/C12H15NO5/c1-8(2)12-9(13(15)16)5-4-6-10(12)18-7-11(14)17-3/h4-6,8H,7H2,1-3H3. The number of carbonyl (C=O) groups is 1. The fourth-order valence-electron chi connectivity index (χ4n) is 1.59. The first kappa shape index (κ1) is 14.0. The van der Waals surface area contributed by atoms with Gasteiger partial charge in [0.05, 0.1) is 17.6 Å². The zero-order valence-electron chi connectivity index (χ0n) is 10.5. The van der Waals surface area contributed by atoms with Crippen molar-refractivity contribution in [3.05, 3.63) is 33.9 Å². The Kier molecular flexibility index (Phi) is 4.65. The molecule has 6 nitrogen and oxygen atoms in total. The Balaban J connectivity index is 3.07. The number of benzene rings is 1. The summed E-state index contributed by atoms with van der Waals surface area (Å²) in [6, 6.07) is 4.54. The lowest BCUT2D eigenvalue weighted by Crippen LogP contribution is -2.14. The summed E-state index contributed by atoms with van der Waals surface area (Å²) in [4.78, 5) is 21.5. The summed E-state index contributed by atoms with van der Waals surface area (Å²) in [7, 11) is 1.25. The predicted octanol–water partition coefficient (Wildman–Crippen LogP) is 2.27. The van der Waals surface area contributed by atoms with Crippen molar-refractivity contribution < 1.29 is 19.2 Å². The van der Waals surface area contributed by atoms with Gasteiger partial charge in [-0.05, 0) is 12.0 Å². The van der Waals surface area contributed by atoms with Crippen LogP contribution in [0.2, 0.25) is 0 Å². The molecule has 18 heavy (non-hydrogen) atoms. The Morgan fingerprint density at radius 3 is 2.61 bits per heavy atom. The van der Waals surface area contributed by atoms with Crippen molar-refractivity contribution in [3.63, 3.8) is 0 Å². The number of methoxy groups -OCH3 is 1. The van der Waals surface area contributed by atoms with E-state index < -0.39 is 10.9 Å². The van der Waals surface area contributed by atoms with Gasteiger partial charge >= 0.3 is 5.97 Å². The second-order valence-electron chi connectivity index (χ2n) is 3.97. The molecule has 0 aliphatic heterocycles. The third-order valence-electron chi connectivity index (χ3n) is 2.39. The molecule has 0 fully saturated rings. The lowest BCUT2D eigenvalue weighted by molar-refractivity contribution is -0.385. The summed E-state index contributed by atoms with van der Waals surface area (Å²) in [6.07, 6.45) is 0. The van der Waals surface area contributed by atoms with E-state index >= 15 is 0 Å². The molecule has 0 bridgehead atoms. The largest absolute Gasteiger partial charge is 0.481 e. The first-order chi connectivity index (χ1) is 8.47. The minimum Gasteiger partial charge on any atom is -0.481 e. The van der Waals surface area contributed by atoms with E-state index in [1.807, 2.05) is 13.8 Å². The van der Waals surface area contributed by atoms with Crippen molar-refractivity contribution in [2.45, 2.75) is 19.8 Å². The van der Waals surface area contributed by atoms with Crippen LogP contribution in [0.5, 0.6) is 5.75 Å². The lowest BCUT2D eigenvalue weighted by Gasteiger charge is -2.13. The molecule has 6 heteroatoms. The molecule has 1 aromatic carbocycles. The summed E-state index contributed by atoms with van der Waals surface area (Å²) < 4.78 is 9.72. The molecule has 0 saturated carbocycles. The van der Waals surface area contributed by atoms with E-state index in [0.717, 1.165) is 0 Å². The number of rotatable bonds is 5. The number of esters is 1. The number of hydrogen-bond donors (Lipinski definition) is 0. The van der Waals surface area contributed by atoms with E-state index in [9.17, 15) is 14.9 Å². The maximum Gasteiger partial charge on any atom is 0.343 e. The predicted molar refractivity (Wildman–Crippen MR) is 64.7 cm³/mol. The second-order valence-corrected chi connectivity index (χ2v) is 3.97. The van der Waals surface area contributed by atoms with E-state index in [1.54, 1.807) is 6.07 Å². The van der Waals surface area contributed by atoms with E-state index in [0.29, 0.717) is 11.3 Å². The molecule has 0 N–H and O–H groups in total. The second kappa shape index (κ2) is 6.00. The third-order valence-corrected chi connectivity index (χ3v) is 2.39. The van der Waals surface area contributed by atoms with Gasteiger partial charge in [0.2, 0.25) is 0 Å². The Hall–Kier alpha value is -2.11. The number of nitrogens with zero attached hydrogens (tertiary/aromatic N) is 1. The summed E-state index contributed by atoms with van der Waals surface area (Å²) in [5, 5.41) is 10.9. The van der Waals surface area contributed by atoms with Gasteiger partial charge < -0.3 is 9.47 Å². The molecule has 0 atom stereocenters. The molecule has 0 heterocycles. The van der Waals surface area contributed by atoms with Crippen molar-refractivity contribution in [3.8, 4) is 5.75 Å². The van der Waals surface area contributed by atoms with Crippen LogP contribution in [-0.4, -0.2) is 24.6 Å². The van der Waals surface area contributed by atoms with Gasteiger partial charge in [-0.25, -0.2) is 4.79 Å². The van der Waals surface area contributed by atoms with Gasteiger partial charge in [-0.3, -0.25) is 10.1 Å². The van der Waals surface area contributed by atoms with Crippen LogP contribution in [-0.2, 0) is 9.53 Å². The average Bonchev–Trinajstić information content (AvgIpc) is 2.34. The van der Waals surface area contributed by atoms with Crippen LogP contribution >= 0.6 is 0 Å². The normalized spacial score (nSPS) is 10.2. The molecule has 98 valence electrons. The van der Waals surface area contributed by atoms with Crippen molar-refractivity contribution in [1.82, 2.24) is 0 Å². The van der Waals surface area contributed by atoms with Crippen molar-refractivity contribution in [2.75, 3.05) is 13.7 Å². The quantitative estimate of drug-likeness (QED) is 0.457. The fourth-order valence-corrected chi connectivity index (χ4v) is 1.59. The molecule has 1 aromatic rings. The third kappa shape index (κ3) is 3.19. The maximum atomic E-state index is 11.0. The molecule has 0 spiro atoms. The molecule has 0 unspecified atom stereocenters. The molecule has 0 aliphatic carbocycles. The topological polar surface area (TPSA) is 78.7 Å². The van der Waals surface area contributed by atoms with Crippen LogP contribution < -0.4 is 4.74 Å². The highest BCUT2D eigenvalue weighted by Crippen LogP contribution is 2.34. The minimum absolute atomic E-state index is 0.00707. The van der Waals surface area contributed by atoms with Crippen LogP contribution in [0.25, 0.3) is 0 Å². The Labute approximate surface area is 105 Å². The smallest absolute Gasteiger partial charge is 0.343 e. The number of nitro benzene ring substituents is 1. The summed E-state index contributed by atoms with van der Waals surface area (Å²) in [5.41, 5.74) is 0.471. The molecule has 0 aromatic heterocycles. The fraction of sp³-hybridized carbons (Fsp3) is 0.417. The van der Waals surface area contributed by atoms with Crippen LogP contribution in [0.3, 0.4) is 0 Å². The highest BCUT2D eigenvalue weighted by molar-refractivity contribution is 5.71. The average molecular weight is 253 g/mol. The highest BCUT2D eigenvalue weighted by Gasteiger charge is 2.21. The summed E-state index contributed by atoms with van der Waals surface area (Å²) in [6.45, 7) is 3.39. The van der Waals surface area contributed by atoms with E-state index in [1.165, 1.54) is 19.2 Å². The number of hydrogen-bond acceptors (Lipinski definition) is 5. The first-order valence-corrected chi connectivity index (χ1v) is 5.44. The van der Waals surface area contributed by atoms with Crippen molar-refractivity contribution in [1.29, 1.82) is 0 Å².